The van der Waals surface area contributed by atoms with E-state index >= 15 is 0 Å². The van der Waals surface area contributed by atoms with Crippen molar-refractivity contribution in [2.75, 3.05) is 0 Å². The number of benzene rings is 1. The summed E-state index contributed by atoms with van der Waals surface area (Å²) in [4.78, 5) is 0. The molecule has 2 unspecified atom stereocenters. The summed E-state index contributed by atoms with van der Waals surface area (Å²) < 4.78 is 27.9. The number of hydrogen-bond donors (Lipinski definition) is 0. The summed E-state index contributed by atoms with van der Waals surface area (Å²) in [5.41, 5.74) is 2.98. The highest BCUT2D eigenvalue weighted by Gasteiger charge is 2.42. The highest BCUT2D eigenvalue weighted by molar-refractivity contribution is 5.24. The van der Waals surface area contributed by atoms with Gasteiger partial charge in [-0.25, -0.2) is 8.78 Å². The maximum Gasteiger partial charge on any atom is 0.250 e. The van der Waals surface area contributed by atoms with Crippen LogP contribution in [-0.4, -0.2) is 5.92 Å². The van der Waals surface area contributed by atoms with Gasteiger partial charge in [0.2, 0.25) is 0 Å². The Balaban J connectivity index is 0.000000269. The first-order valence-corrected chi connectivity index (χ1v) is 27.8. The lowest BCUT2D eigenvalue weighted by molar-refractivity contribution is -0.0964. The van der Waals surface area contributed by atoms with Gasteiger partial charge in [-0.15, -0.1) is 0 Å². The molecule has 5 saturated carbocycles. The van der Waals surface area contributed by atoms with Crippen molar-refractivity contribution in [3.63, 3.8) is 0 Å². The van der Waals surface area contributed by atoms with E-state index in [1.54, 1.807) is 12.5 Å². The van der Waals surface area contributed by atoms with Gasteiger partial charge in [-0.1, -0.05) is 185 Å². The van der Waals surface area contributed by atoms with Gasteiger partial charge in [0.25, 0.3) is 5.92 Å². The number of alkyl halides is 2. The van der Waals surface area contributed by atoms with Crippen molar-refractivity contribution < 1.29 is 8.78 Å². The van der Waals surface area contributed by atoms with Crippen molar-refractivity contribution in [3.8, 4) is 0 Å². The van der Waals surface area contributed by atoms with Gasteiger partial charge in [-0.05, 0) is 168 Å². The smallest absolute Gasteiger partial charge is 0.207 e. The summed E-state index contributed by atoms with van der Waals surface area (Å²) in [7, 11) is 0. The van der Waals surface area contributed by atoms with E-state index in [1.165, 1.54) is 205 Å². The summed E-state index contributed by atoms with van der Waals surface area (Å²) in [6.07, 6.45) is 54.0. The normalized spacial score (nSPS) is 32.0. The molecule has 5 fully saturated rings. The summed E-state index contributed by atoms with van der Waals surface area (Å²) >= 11 is 0. The Labute approximate surface area is 378 Å². The third-order valence-electron chi connectivity index (χ3n) is 17.7. The Morgan fingerprint density at radius 2 is 0.869 bits per heavy atom. The Morgan fingerprint density at radius 3 is 1.34 bits per heavy atom. The monoisotopic (exact) mass is 847 g/mol. The van der Waals surface area contributed by atoms with E-state index in [-0.39, 0.29) is 12.3 Å². The molecule has 0 radical (unpaired) electrons. The van der Waals surface area contributed by atoms with Gasteiger partial charge in [0, 0.05) is 12.3 Å². The molecule has 0 nitrogen and oxygen atoms in total. The maximum atomic E-state index is 13.9. The second kappa shape index (κ2) is 28.7. The first-order chi connectivity index (χ1) is 29.7. The van der Waals surface area contributed by atoms with Crippen LogP contribution in [0.15, 0.2) is 36.4 Å². The molecule has 0 heterocycles. The number of halogens is 2. The molecule has 2 heteroatoms. The minimum Gasteiger partial charge on any atom is -0.207 e. The van der Waals surface area contributed by atoms with Crippen molar-refractivity contribution in [2.45, 2.75) is 271 Å². The molecule has 1 aromatic rings. The Morgan fingerprint density at radius 1 is 0.459 bits per heavy atom. The zero-order valence-electron chi connectivity index (χ0n) is 40.9. The van der Waals surface area contributed by atoms with E-state index in [0.29, 0.717) is 0 Å². The Hall–Kier alpha value is -1.18. The molecule has 0 saturated heterocycles. The number of hydrogen-bond acceptors (Lipinski definition) is 0. The van der Waals surface area contributed by atoms with Gasteiger partial charge in [-0.3, -0.25) is 0 Å². The fourth-order valence-electron chi connectivity index (χ4n) is 13.2. The fourth-order valence-corrected chi connectivity index (χ4v) is 13.2. The SMILES string of the molecule is CCCC1CCC(C2CCC(c3ccc(C)cc3)CC2)CC1.CCCCCCCCCC1CCC(C=CC2CCC(CCCCCCCC3CCC(C)C(F)(F)C3)CC2)CC1. The van der Waals surface area contributed by atoms with E-state index in [4.69, 9.17) is 0 Å². The molecular formula is C59H100F2. The first kappa shape index (κ1) is 50.8. The largest absolute Gasteiger partial charge is 0.250 e. The summed E-state index contributed by atoms with van der Waals surface area (Å²) in [6.45, 7) is 8.57. The third-order valence-corrected chi connectivity index (χ3v) is 17.7. The van der Waals surface area contributed by atoms with E-state index in [0.717, 1.165) is 73.0 Å². The minimum absolute atomic E-state index is 0.145. The van der Waals surface area contributed by atoms with Gasteiger partial charge in [0.1, 0.15) is 0 Å². The van der Waals surface area contributed by atoms with Gasteiger partial charge < -0.3 is 0 Å². The number of rotatable bonds is 22. The van der Waals surface area contributed by atoms with Crippen LogP contribution in [0.2, 0.25) is 0 Å². The fraction of sp³-hybridized carbons (Fsp3) is 0.864. The summed E-state index contributed by atoms with van der Waals surface area (Å²) in [5, 5.41) is 0. The van der Waals surface area contributed by atoms with Crippen LogP contribution in [-0.2, 0) is 0 Å². The Kier molecular flexibility index (Phi) is 23.9. The first-order valence-electron chi connectivity index (χ1n) is 27.8. The molecule has 61 heavy (non-hydrogen) atoms. The van der Waals surface area contributed by atoms with Gasteiger partial charge in [0.05, 0.1) is 0 Å². The van der Waals surface area contributed by atoms with E-state index in [1.807, 2.05) is 0 Å². The minimum atomic E-state index is -2.41. The zero-order chi connectivity index (χ0) is 43.1. The second-order valence-corrected chi connectivity index (χ2v) is 22.6. The lowest BCUT2D eigenvalue weighted by atomic mass is 9.68. The van der Waals surface area contributed by atoms with E-state index in [9.17, 15) is 8.78 Å². The quantitative estimate of drug-likeness (QED) is 0.0806. The van der Waals surface area contributed by atoms with Crippen LogP contribution in [0.25, 0.3) is 0 Å². The molecule has 0 aromatic heterocycles. The van der Waals surface area contributed by atoms with Crippen LogP contribution in [0, 0.1) is 60.2 Å². The van der Waals surface area contributed by atoms with Crippen LogP contribution in [0.1, 0.15) is 269 Å². The molecule has 5 aliphatic rings. The second-order valence-electron chi connectivity index (χ2n) is 22.6. The van der Waals surface area contributed by atoms with Crippen molar-refractivity contribution >= 4 is 0 Å². The lowest BCUT2D eigenvalue weighted by Gasteiger charge is -2.38. The van der Waals surface area contributed by atoms with Crippen molar-refractivity contribution in [3.05, 3.63) is 47.5 Å². The molecule has 350 valence electrons. The zero-order valence-corrected chi connectivity index (χ0v) is 40.9. The van der Waals surface area contributed by atoms with Gasteiger partial charge in [-0.2, -0.15) is 0 Å². The van der Waals surface area contributed by atoms with E-state index in [2.05, 4.69) is 57.2 Å². The molecule has 1 aromatic carbocycles. The predicted molar refractivity (Wildman–Crippen MR) is 263 cm³/mol. The number of allylic oxidation sites excluding steroid dienone is 2. The molecule has 5 aliphatic carbocycles. The molecule has 0 N–H and O–H groups in total. The highest BCUT2D eigenvalue weighted by atomic mass is 19.3. The molecule has 0 bridgehead atoms. The van der Waals surface area contributed by atoms with Crippen molar-refractivity contribution in [1.82, 2.24) is 0 Å². The molecule has 2 atom stereocenters. The number of aryl methyl sites for hydroxylation is 1. The van der Waals surface area contributed by atoms with Crippen LogP contribution in [0.3, 0.4) is 0 Å². The average molecular weight is 847 g/mol. The topological polar surface area (TPSA) is 0 Å². The lowest BCUT2D eigenvalue weighted by Crippen LogP contribution is -2.33. The van der Waals surface area contributed by atoms with Crippen LogP contribution in [0.5, 0.6) is 0 Å². The van der Waals surface area contributed by atoms with E-state index < -0.39 is 11.8 Å². The molecule has 0 spiro atoms. The molecular weight excluding hydrogens is 747 g/mol. The van der Waals surface area contributed by atoms with Gasteiger partial charge in [0.15, 0.2) is 0 Å². The van der Waals surface area contributed by atoms with Crippen molar-refractivity contribution in [2.24, 2.45) is 53.3 Å². The average Bonchev–Trinajstić information content (AvgIpc) is 3.28. The summed E-state index contributed by atoms with van der Waals surface area (Å²) in [6, 6.07) is 9.32. The van der Waals surface area contributed by atoms with Crippen molar-refractivity contribution in [1.29, 1.82) is 0 Å². The Bertz CT molecular complexity index is 1250. The van der Waals surface area contributed by atoms with Crippen LogP contribution >= 0.6 is 0 Å². The van der Waals surface area contributed by atoms with Crippen LogP contribution in [0.4, 0.5) is 8.78 Å². The maximum absolute atomic E-state index is 13.9. The molecule has 0 aliphatic heterocycles. The number of unbranched alkanes of at least 4 members (excludes halogenated alkanes) is 10. The highest BCUT2D eigenvalue weighted by Crippen LogP contribution is 2.45. The van der Waals surface area contributed by atoms with Crippen LogP contribution < -0.4 is 0 Å². The standard InChI is InChI=1S/C37H66F2.C22H34/c1-3-4-5-6-7-9-12-15-32-20-24-34(25-21-32)28-29-35-26-22-33(23-27-35)16-13-10-8-11-14-17-36-19-18-31(2)37(38,39)30-36;1-3-4-18-7-11-20(12-8-18)22-15-13-21(14-16-22)19-9-5-17(2)6-10-19/h28-29,31-36H,3-27,30H2,1-2H3;5-6,9-10,18,20-22H,3-4,7-8,11-16H2,1-2H3. The predicted octanol–water partition coefficient (Wildman–Crippen LogP) is 20.0. The molecule has 6 rings (SSSR count). The van der Waals surface area contributed by atoms with Gasteiger partial charge >= 0.3 is 0 Å². The molecule has 0 amide bonds. The summed E-state index contributed by atoms with van der Waals surface area (Å²) in [5.74, 6) is 5.16. The third kappa shape index (κ3) is 19.1.